The molecule has 0 fully saturated rings. The normalized spacial score (nSPS) is 10.7. The first-order valence-electron chi connectivity index (χ1n) is 8.35. The van der Waals surface area contributed by atoms with E-state index in [0.29, 0.717) is 18.7 Å². The second kappa shape index (κ2) is 8.65. The van der Waals surface area contributed by atoms with Crippen LogP contribution in [0.4, 0.5) is 8.78 Å². The van der Waals surface area contributed by atoms with Crippen molar-refractivity contribution >= 4 is 5.91 Å². The molecule has 0 heterocycles. The van der Waals surface area contributed by atoms with Gasteiger partial charge in [0.2, 0.25) is 0 Å². The van der Waals surface area contributed by atoms with E-state index in [1.165, 1.54) is 6.07 Å². The largest absolute Gasteiger partial charge is 0.490 e. The average Bonchev–Trinajstić information content (AvgIpc) is 2.56. The van der Waals surface area contributed by atoms with Crippen LogP contribution in [0.2, 0.25) is 0 Å². The summed E-state index contributed by atoms with van der Waals surface area (Å²) in [6, 6.07) is 10.4. The van der Waals surface area contributed by atoms with Crippen LogP contribution in [-0.2, 0) is 6.54 Å². The molecule has 0 aliphatic rings. The fourth-order valence-electron chi connectivity index (χ4n) is 2.72. The molecule has 2 rings (SSSR count). The predicted octanol–water partition coefficient (Wildman–Crippen LogP) is 4.58. The molecule has 0 aliphatic carbocycles. The Morgan fingerprint density at radius 2 is 1.85 bits per heavy atom. The summed E-state index contributed by atoms with van der Waals surface area (Å²) >= 11 is 0. The average molecular weight is 363 g/mol. The summed E-state index contributed by atoms with van der Waals surface area (Å²) in [5, 5.41) is 0. The molecule has 0 spiro atoms. The van der Waals surface area contributed by atoms with Crippen molar-refractivity contribution in [3.8, 4) is 11.5 Å². The van der Waals surface area contributed by atoms with Gasteiger partial charge in [0.1, 0.15) is 0 Å². The number of nitrogens with zero attached hydrogens (tertiary/aromatic N) is 1. The Labute approximate surface area is 152 Å². The number of hydrogen-bond donors (Lipinski definition) is 0. The third-order valence-electron chi connectivity index (χ3n) is 3.90. The van der Waals surface area contributed by atoms with E-state index in [9.17, 15) is 13.6 Å². The summed E-state index contributed by atoms with van der Waals surface area (Å²) in [6.07, 6.45) is 0. The molecule has 0 radical (unpaired) electrons. The molecule has 0 saturated heterocycles. The molecule has 0 unspecified atom stereocenters. The molecule has 140 valence electrons. The van der Waals surface area contributed by atoms with Crippen molar-refractivity contribution in [3.63, 3.8) is 0 Å². The van der Waals surface area contributed by atoms with Gasteiger partial charge in [0.05, 0.1) is 6.61 Å². The molecule has 6 heteroatoms. The van der Waals surface area contributed by atoms with Crippen LogP contribution in [0.1, 0.15) is 34.0 Å². The highest BCUT2D eigenvalue weighted by molar-refractivity contribution is 5.95. The van der Waals surface area contributed by atoms with Crippen molar-refractivity contribution in [2.24, 2.45) is 0 Å². The van der Waals surface area contributed by atoms with Gasteiger partial charge in [0.25, 0.3) is 5.91 Å². The number of ether oxygens (including phenoxy) is 2. The SMILES string of the molecule is CCOc1cc(CN(C)C(=O)c2ccc(C)cc2C)ccc1OC(F)F. The Bertz CT molecular complexity index is 778. The molecule has 0 aromatic heterocycles. The molecule has 0 aliphatic heterocycles. The van der Waals surface area contributed by atoms with E-state index in [-0.39, 0.29) is 17.4 Å². The van der Waals surface area contributed by atoms with E-state index in [4.69, 9.17) is 4.74 Å². The van der Waals surface area contributed by atoms with Crippen LogP contribution in [0.25, 0.3) is 0 Å². The second-order valence-electron chi connectivity index (χ2n) is 6.07. The first-order chi connectivity index (χ1) is 12.3. The Kier molecular flexibility index (Phi) is 6.55. The molecule has 2 aromatic carbocycles. The topological polar surface area (TPSA) is 38.8 Å². The number of carbonyl (C=O) groups is 1. The van der Waals surface area contributed by atoms with Gasteiger partial charge in [-0.05, 0) is 50.1 Å². The Balaban J connectivity index is 2.18. The Morgan fingerprint density at radius 3 is 2.46 bits per heavy atom. The number of benzene rings is 2. The minimum Gasteiger partial charge on any atom is -0.490 e. The van der Waals surface area contributed by atoms with Crippen molar-refractivity contribution in [1.29, 1.82) is 0 Å². The Hall–Kier alpha value is -2.63. The van der Waals surface area contributed by atoms with Crippen LogP contribution in [0.15, 0.2) is 36.4 Å². The van der Waals surface area contributed by atoms with E-state index < -0.39 is 6.61 Å². The minimum absolute atomic E-state index is 0.0195. The van der Waals surface area contributed by atoms with E-state index >= 15 is 0 Å². The molecule has 26 heavy (non-hydrogen) atoms. The molecule has 0 saturated carbocycles. The zero-order valence-electron chi connectivity index (χ0n) is 15.4. The number of carbonyl (C=O) groups excluding carboxylic acids is 1. The first kappa shape index (κ1) is 19.7. The van der Waals surface area contributed by atoms with Crippen molar-refractivity contribution in [2.45, 2.75) is 33.9 Å². The number of hydrogen-bond acceptors (Lipinski definition) is 3. The number of rotatable bonds is 7. The number of halogens is 2. The highest BCUT2D eigenvalue weighted by Crippen LogP contribution is 2.30. The molecule has 0 N–H and O–H groups in total. The lowest BCUT2D eigenvalue weighted by molar-refractivity contribution is -0.0514. The third-order valence-corrected chi connectivity index (χ3v) is 3.90. The summed E-state index contributed by atoms with van der Waals surface area (Å²) in [6.45, 7) is 3.35. The number of amides is 1. The highest BCUT2D eigenvalue weighted by Gasteiger charge is 2.16. The van der Waals surface area contributed by atoms with Gasteiger partial charge >= 0.3 is 6.61 Å². The lowest BCUT2D eigenvalue weighted by atomic mass is 10.0. The molecule has 0 atom stereocenters. The molecular weight excluding hydrogens is 340 g/mol. The molecule has 2 aromatic rings. The smallest absolute Gasteiger partial charge is 0.387 e. The van der Waals surface area contributed by atoms with Gasteiger partial charge in [-0.25, -0.2) is 0 Å². The van der Waals surface area contributed by atoms with E-state index in [0.717, 1.165) is 16.7 Å². The van der Waals surface area contributed by atoms with Crippen molar-refractivity contribution in [2.75, 3.05) is 13.7 Å². The highest BCUT2D eigenvalue weighted by atomic mass is 19.3. The van der Waals surface area contributed by atoms with Gasteiger partial charge < -0.3 is 14.4 Å². The zero-order chi connectivity index (χ0) is 19.3. The van der Waals surface area contributed by atoms with E-state index in [1.807, 2.05) is 32.0 Å². The standard InChI is InChI=1S/C20H23F2NO3/c1-5-25-18-11-15(7-9-17(18)26-20(21)22)12-23(4)19(24)16-8-6-13(2)10-14(16)3/h6-11,20H,5,12H2,1-4H3. The van der Waals surface area contributed by atoms with Crippen molar-refractivity contribution in [3.05, 3.63) is 58.7 Å². The Morgan fingerprint density at radius 1 is 1.12 bits per heavy atom. The van der Waals surface area contributed by atoms with Crippen LogP contribution < -0.4 is 9.47 Å². The van der Waals surface area contributed by atoms with Crippen LogP contribution in [0, 0.1) is 13.8 Å². The van der Waals surface area contributed by atoms with Crippen molar-refractivity contribution < 1.29 is 23.0 Å². The maximum absolute atomic E-state index is 12.7. The summed E-state index contributed by atoms with van der Waals surface area (Å²) in [7, 11) is 1.70. The minimum atomic E-state index is -2.92. The lowest BCUT2D eigenvalue weighted by Gasteiger charge is -2.20. The summed E-state index contributed by atoms with van der Waals surface area (Å²) in [5.41, 5.74) is 3.41. The van der Waals surface area contributed by atoms with Gasteiger partial charge in [-0.1, -0.05) is 23.8 Å². The van der Waals surface area contributed by atoms with Gasteiger partial charge in [-0.15, -0.1) is 0 Å². The lowest BCUT2D eigenvalue weighted by Crippen LogP contribution is -2.26. The molecule has 1 amide bonds. The van der Waals surface area contributed by atoms with Gasteiger partial charge in [0, 0.05) is 19.2 Å². The summed E-state index contributed by atoms with van der Waals surface area (Å²) < 4.78 is 34.8. The monoisotopic (exact) mass is 363 g/mol. The maximum Gasteiger partial charge on any atom is 0.387 e. The van der Waals surface area contributed by atoms with Crippen LogP contribution in [0.3, 0.4) is 0 Å². The zero-order valence-corrected chi connectivity index (χ0v) is 15.4. The van der Waals surface area contributed by atoms with Crippen LogP contribution >= 0.6 is 0 Å². The number of aryl methyl sites for hydroxylation is 2. The fraction of sp³-hybridized carbons (Fsp3) is 0.350. The van der Waals surface area contributed by atoms with Gasteiger partial charge in [-0.3, -0.25) is 4.79 Å². The van der Waals surface area contributed by atoms with Gasteiger partial charge in [0.15, 0.2) is 11.5 Å². The van der Waals surface area contributed by atoms with Crippen LogP contribution in [0.5, 0.6) is 11.5 Å². The number of alkyl halides is 2. The summed E-state index contributed by atoms with van der Waals surface area (Å²) in [5.74, 6) is 0.111. The first-order valence-corrected chi connectivity index (χ1v) is 8.35. The van der Waals surface area contributed by atoms with E-state index in [1.54, 1.807) is 31.0 Å². The maximum atomic E-state index is 12.7. The van der Waals surface area contributed by atoms with E-state index in [2.05, 4.69) is 4.74 Å². The van der Waals surface area contributed by atoms with Crippen LogP contribution in [-0.4, -0.2) is 31.1 Å². The predicted molar refractivity (Wildman–Crippen MR) is 96.0 cm³/mol. The quantitative estimate of drug-likeness (QED) is 0.723. The molecular formula is C20H23F2NO3. The second-order valence-corrected chi connectivity index (χ2v) is 6.07. The third kappa shape index (κ3) is 4.94. The molecule has 0 bridgehead atoms. The van der Waals surface area contributed by atoms with Crippen molar-refractivity contribution in [1.82, 2.24) is 4.90 Å². The summed E-state index contributed by atoms with van der Waals surface area (Å²) in [4.78, 5) is 14.3. The fourth-order valence-corrected chi connectivity index (χ4v) is 2.72. The van der Waals surface area contributed by atoms with Gasteiger partial charge in [-0.2, -0.15) is 8.78 Å². The molecule has 4 nitrogen and oxygen atoms in total.